The summed E-state index contributed by atoms with van der Waals surface area (Å²) in [5, 5.41) is 8.50. The lowest BCUT2D eigenvalue weighted by molar-refractivity contribution is 0.0797. The van der Waals surface area contributed by atoms with E-state index in [9.17, 15) is 4.79 Å². The van der Waals surface area contributed by atoms with E-state index in [1.807, 2.05) is 13.0 Å². The molecule has 18 heavy (non-hydrogen) atoms. The second-order valence-corrected chi connectivity index (χ2v) is 3.86. The van der Waals surface area contributed by atoms with Crippen molar-refractivity contribution in [2.45, 2.75) is 13.3 Å². The van der Waals surface area contributed by atoms with Crippen molar-refractivity contribution in [2.75, 3.05) is 25.9 Å². The van der Waals surface area contributed by atoms with Crippen molar-refractivity contribution >= 4 is 11.6 Å². The first kappa shape index (κ1) is 13.8. The Labute approximate surface area is 107 Å². The molecule has 5 heteroatoms. The van der Waals surface area contributed by atoms with Crippen LogP contribution >= 0.6 is 0 Å². The zero-order valence-electron chi connectivity index (χ0n) is 10.6. The van der Waals surface area contributed by atoms with Crippen molar-refractivity contribution in [1.82, 2.24) is 4.90 Å². The van der Waals surface area contributed by atoms with Gasteiger partial charge in [-0.15, -0.1) is 0 Å². The largest absolute Gasteiger partial charge is 0.494 e. The van der Waals surface area contributed by atoms with Crippen molar-refractivity contribution in [3.63, 3.8) is 0 Å². The Morgan fingerprint density at radius 2 is 2.22 bits per heavy atom. The number of nitrogens with two attached hydrogens (primary N) is 1. The first-order chi connectivity index (χ1) is 8.58. The van der Waals surface area contributed by atoms with Crippen LogP contribution in [0.3, 0.4) is 0 Å². The number of benzene rings is 1. The Morgan fingerprint density at radius 1 is 1.50 bits per heavy atom. The van der Waals surface area contributed by atoms with E-state index in [0.717, 1.165) is 0 Å². The third-order valence-corrected chi connectivity index (χ3v) is 2.39. The van der Waals surface area contributed by atoms with Crippen LogP contribution in [0.15, 0.2) is 18.2 Å². The molecule has 0 aromatic heterocycles. The molecule has 1 rings (SSSR count). The number of nitrogen functional groups attached to an aromatic ring is 1. The summed E-state index contributed by atoms with van der Waals surface area (Å²) in [7, 11) is 1.66. The van der Waals surface area contributed by atoms with Gasteiger partial charge in [-0.25, -0.2) is 0 Å². The van der Waals surface area contributed by atoms with Gasteiger partial charge in [-0.05, 0) is 19.1 Å². The number of ether oxygens (including phenoxy) is 1. The number of rotatable bonds is 5. The molecule has 0 saturated heterocycles. The quantitative estimate of drug-likeness (QED) is 0.802. The standard InChI is InChI=1S/C13H17N3O2/c1-3-18-12-8-10(7-11(15)9-12)13(17)16(2)6-4-5-14/h7-9H,3-4,6,15H2,1-2H3. The average Bonchev–Trinajstić information content (AvgIpc) is 2.34. The van der Waals surface area contributed by atoms with Crippen LogP contribution in [0.4, 0.5) is 5.69 Å². The number of carbonyl (C=O) groups excluding carboxylic acids is 1. The molecule has 0 saturated carbocycles. The zero-order chi connectivity index (χ0) is 13.5. The fraction of sp³-hybridized carbons (Fsp3) is 0.385. The highest BCUT2D eigenvalue weighted by Crippen LogP contribution is 2.20. The molecule has 2 N–H and O–H groups in total. The minimum absolute atomic E-state index is 0.168. The molecule has 5 nitrogen and oxygen atoms in total. The van der Waals surface area contributed by atoms with E-state index in [2.05, 4.69) is 0 Å². The van der Waals surface area contributed by atoms with Crippen molar-refractivity contribution in [1.29, 1.82) is 5.26 Å². The van der Waals surface area contributed by atoms with Crippen LogP contribution in [0.2, 0.25) is 0 Å². The lowest BCUT2D eigenvalue weighted by Gasteiger charge is -2.16. The maximum absolute atomic E-state index is 12.1. The molecular weight excluding hydrogens is 230 g/mol. The summed E-state index contributed by atoms with van der Waals surface area (Å²) in [5.74, 6) is 0.410. The highest BCUT2D eigenvalue weighted by atomic mass is 16.5. The summed E-state index contributed by atoms with van der Waals surface area (Å²) in [5.41, 5.74) is 6.68. The molecule has 96 valence electrons. The van der Waals surface area contributed by atoms with Gasteiger partial charge in [0.25, 0.3) is 5.91 Å². The molecular formula is C13H17N3O2. The smallest absolute Gasteiger partial charge is 0.253 e. The van der Waals surface area contributed by atoms with Crippen molar-refractivity contribution < 1.29 is 9.53 Å². The predicted molar refractivity (Wildman–Crippen MR) is 69.2 cm³/mol. The molecule has 0 aliphatic rings. The maximum Gasteiger partial charge on any atom is 0.253 e. The van der Waals surface area contributed by atoms with Gasteiger partial charge in [0.2, 0.25) is 0 Å². The van der Waals surface area contributed by atoms with E-state index in [0.29, 0.717) is 36.6 Å². The molecule has 0 atom stereocenters. The molecule has 0 fully saturated rings. The van der Waals surface area contributed by atoms with Gasteiger partial charge in [0.1, 0.15) is 5.75 Å². The molecule has 1 amide bonds. The van der Waals surface area contributed by atoms with E-state index in [4.69, 9.17) is 15.7 Å². The van der Waals surface area contributed by atoms with Gasteiger partial charge in [-0.3, -0.25) is 4.79 Å². The molecule has 0 radical (unpaired) electrons. The Morgan fingerprint density at radius 3 is 2.83 bits per heavy atom. The van der Waals surface area contributed by atoms with Gasteiger partial charge >= 0.3 is 0 Å². The first-order valence-electron chi connectivity index (χ1n) is 5.74. The van der Waals surface area contributed by atoms with E-state index in [1.54, 1.807) is 25.2 Å². The molecule has 0 spiro atoms. The Kier molecular flexibility index (Phi) is 5.00. The van der Waals surface area contributed by atoms with E-state index >= 15 is 0 Å². The Bertz CT molecular complexity index is 466. The highest BCUT2D eigenvalue weighted by Gasteiger charge is 2.13. The second-order valence-electron chi connectivity index (χ2n) is 3.86. The third-order valence-electron chi connectivity index (χ3n) is 2.39. The molecule has 0 aliphatic carbocycles. The number of nitrogens with zero attached hydrogens (tertiary/aromatic N) is 2. The van der Waals surface area contributed by atoms with Gasteiger partial charge in [0.15, 0.2) is 0 Å². The molecule has 0 unspecified atom stereocenters. The molecule has 0 aliphatic heterocycles. The van der Waals surface area contributed by atoms with Crippen LogP contribution in [-0.2, 0) is 0 Å². The SMILES string of the molecule is CCOc1cc(N)cc(C(=O)N(C)CCC#N)c1. The van der Waals surface area contributed by atoms with Gasteiger partial charge in [0.05, 0.1) is 19.1 Å². The minimum Gasteiger partial charge on any atom is -0.494 e. The second kappa shape index (κ2) is 6.50. The minimum atomic E-state index is -0.168. The molecule has 0 bridgehead atoms. The van der Waals surface area contributed by atoms with Crippen molar-refractivity contribution in [2.24, 2.45) is 0 Å². The summed E-state index contributed by atoms with van der Waals surface area (Å²) in [6, 6.07) is 6.94. The van der Waals surface area contributed by atoms with E-state index in [1.165, 1.54) is 4.90 Å². The normalized spacial score (nSPS) is 9.61. The van der Waals surface area contributed by atoms with Crippen LogP contribution in [0.1, 0.15) is 23.7 Å². The summed E-state index contributed by atoms with van der Waals surface area (Å²) in [6.07, 6.45) is 0.308. The Hall–Kier alpha value is -2.22. The van der Waals surface area contributed by atoms with Gasteiger partial charge in [-0.1, -0.05) is 0 Å². The average molecular weight is 247 g/mol. The fourth-order valence-corrected chi connectivity index (χ4v) is 1.54. The zero-order valence-corrected chi connectivity index (χ0v) is 10.6. The van der Waals surface area contributed by atoms with E-state index < -0.39 is 0 Å². The number of anilines is 1. The van der Waals surface area contributed by atoms with Gasteiger partial charge in [-0.2, -0.15) is 5.26 Å². The van der Waals surface area contributed by atoms with Crippen molar-refractivity contribution in [3.8, 4) is 11.8 Å². The van der Waals surface area contributed by atoms with Crippen molar-refractivity contribution in [3.05, 3.63) is 23.8 Å². The summed E-state index contributed by atoms with van der Waals surface area (Å²) < 4.78 is 5.34. The number of amides is 1. The maximum atomic E-state index is 12.1. The third kappa shape index (κ3) is 3.67. The van der Waals surface area contributed by atoms with Crippen LogP contribution in [-0.4, -0.2) is 31.0 Å². The lowest BCUT2D eigenvalue weighted by atomic mass is 10.1. The monoisotopic (exact) mass is 247 g/mol. The van der Waals surface area contributed by atoms with Crippen LogP contribution in [0, 0.1) is 11.3 Å². The molecule has 1 aromatic carbocycles. The number of hydrogen-bond acceptors (Lipinski definition) is 4. The van der Waals surface area contributed by atoms with Gasteiger partial charge in [0, 0.05) is 30.9 Å². The fourth-order valence-electron chi connectivity index (χ4n) is 1.54. The predicted octanol–water partition coefficient (Wildman–Crippen LogP) is 1.65. The summed E-state index contributed by atoms with van der Waals surface area (Å²) in [4.78, 5) is 13.6. The number of nitriles is 1. The molecule has 0 heterocycles. The van der Waals surface area contributed by atoms with Crippen LogP contribution in [0.5, 0.6) is 5.75 Å². The van der Waals surface area contributed by atoms with Crippen LogP contribution < -0.4 is 10.5 Å². The van der Waals surface area contributed by atoms with E-state index in [-0.39, 0.29) is 5.91 Å². The summed E-state index contributed by atoms with van der Waals surface area (Å²) >= 11 is 0. The number of carbonyl (C=O) groups is 1. The molecule has 1 aromatic rings. The van der Waals surface area contributed by atoms with Gasteiger partial charge < -0.3 is 15.4 Å². The number of hydrogen-bond donors (Lipinski definition) is 1. The highest BCUT2D eigenvalue weighted by molar-refractivity contribution is 5.95. The Balaban J connectivity index is 2.88. The summed E-state index contributed by atoms with van der Waals surface area (Å²) in [6.45, 7) is 2.78. The topological polar surface area (TPSA) is 79.3 Å². The lowest BCUT2D eigenvalue weighted by Crippen LogP contribution is -2.27. The van der Waals surface area contributed by atoms with Crippen LogP contribution in [0.25, 0.3) is 0 Å². The first-order valence-corrected chi connectivity index (χ1v) is 5.74.